The second-order valence-electron chi connectivity index (χ2n) is 8.76. The maximum Gasteiger partial charge on any atom is 0.485 e. The van der Waals surface area contributed by atoms with Crippen LogP contribution in [0, 0.1) is 0 Å². The van der Waals surface area contributed by atoms with Crippen molar-refractivity contribution in [2.75, 3.05) is 0 Å². The fraction of sp³-hybridized carbons (Fsp3) is 0.167. The van der Waals surface area contributed by atoms with Crippen LogP contribution in [0.3, 0.4) is 0 Å². The number of aryl methyl sites for hydroxylation is 2. The standard InChI is InChI=1S/C29H25OS2.CHF3O3S/c1-3-20-17-21(4-2)29-26(18-20)28(30)25-19-24(15-16-27(25)31-29)32(22-11-7-5-8-12-22)23-13-9-6-10-14-23;2-1(3,4)8(5,6)7/h5-19H,3-4H2,1-2H3;(H,5,6,7)/q+1;/p-1. The van der Waals surface area contributed by atoms with Gasteiger partial charge in [-0.25, -0.2) is 8.42 Å². The molecule has 0 saturated carbocycles. The molecule has 0 fully saturated rings. The van der Waals surface area contributed by atoms with Crippen molar-refractivity contribution in [2.45, 2.75) is 46.9 Å². The highest BCUT2D eigenvalue weighted by Gasteiger charge is 2.37. The van der Waals surface area contributed by atoms with Gasteiger partial charge >= 0.3 is 5.51 Å². The van der Waals surface area contributed by atoms with E-state index in [0.717, 1.165) is 33.0 Å². The van der Waals surface area contributed by atoms with E-state index in [-0.39, 0.29) is 16.3 Å². The summed E-state index contributed by atoms with van der Waals surface area (Å²) in [5.41, 5.74) is -2.97. The molecule has 10 heteroatoms. The summed E-state index contributed by atoms with van der Waals surface area (Å²) in [5, 5.41) is 1.70. The zero-order chi connectivity index (χ0) is 29.1. The van der Waals surface area contributed by atoms with E-state index in [2.05, 4.69) is 105 Å². The highest BCUT2D eigenvalue weighted by Crippen LogP contribution is 2.35. The SMILES string of the molecule is CCc1cc(CC)c2sc3ccc([S+](c4ccccc4)c4ccccc4)cc3c(=O)c2c1.O=S(=O)([O-])C(F)(F)F. The number of fused-ring (bicyclic) bond motifs is 2. The van der Waals surface area contributed by atoms with Crippen LogP contribution in [0.1, 0.15) is 25.0 Å². The second-order valence-corrected chi connectivity index (χ2v) is 13.2. The predicted molar refractivity (Wildman–Crippen MR) is 155 cm³/mol. The van der Waals surface area contributed by atoms with Crippen molar-refractivity contribution in [3.05, 3.63) is 112 Å². The minimum atomic E-state index is -6.09. The van der Waals surface area contributed by atoms with Crippen LogP contribution in [0.15, 0.2) is 110 Å². The molecule has 40 heavy (non-hydrogen) atoms. The lowest BCUT2D eigenvalue weighted by molar-refractivity contribution is -0.0517. The molecule has 1 heterocycles. The first-order valence-corrected chi connectivity index (χ1v) is 15.8. The van der Waals surface area contributed by atoms with Gasteiger partial charge in [0.25, 0.3) is 0 Å². The summed E-state index contributed by atoms with van der Waals surface area (Å²) in [5.74, 6) is 0. The molecule has 0 spiro atoms. The molecule has 1 aromatic heterocycles. The highest BCUT2D eigenvalue weighted by atomic mass is 32.2. The fourth-order valence-electron chi connectivity index (χ4n) is 4.19. The van der Waals surface area contributed by atoms with Crippen LogP contribution in [0.25, 0.3) is 20.2 Å². The van der Waals surface area contributed by atoms with Gasteiger partial charge in [0.2, 0.25) is 0 Å². The number of alkyl halides is 3. The molecular weight excluding hydrogens is 578 g/mol. The Bertz CT molecular complexity index is 1760. The number of hydrogen-bond donors (Lipinski definition) is 0. The summed E-state index contributed by atoms with van der Waals surface area (Å²) < 4.78 is 61.1. The van der Waals surface area contributed by atoms with Gasteiger partial charge in [-0.15, -0.1) is 11.3 Å². The summed E-state index contributed by atoms with van der Waals surface area (Å²) >= 11 is 1.75. The van der Waals surface area contributed by atoms with Crippen molar-refractivity contribution >= 4 is 52.5 Å². The molecule has 5 rings (SSSR count). The number of rotatable bonds is 5. The Labute approximate surface area is 237 Å². The van der Waals surface area contributed by atoms with Gasteiger partial charge in [0.05, 0.1) is 10.9 Å². The Morgan fingerprint density at radius 2 is 1.32 bits per heavy atom. The smallest absolute Gasteiger partial charge is 0.485 e. The lowest BCUT2D eigenvalue weighted by Gasteiger charge is -2.11. The van der Waals surface area contributed by atoms with Crippen molar-refractivity contribution in [3.8, 4) is 0 Å². The van der Waals surface area contributed by atoms with E-state index in [1.54, 1.807) is 11.3 Å². The van der Waals surface area contributed by atoms with Gasteiger partial charge in [0, 0.05) is 26.2 Å². The van der Waals surface area contributed by atoms with Gasteiger partial charge in [0.1, 0.15) is 0 Å². The average Bonchev–Trinajstić information content (AvgIpc) is 2.93. The third-order valence-electron chi connectivity index (χ3n) is 6.14. The van der Waals surface area contributed by atoms with Gasteiger partial charge in [-0.2, -0.15) is 13.2 Å². The fourth-order valence-corrected chi connectivity index (χ4v) is 7.52. The molecular formula is C30H25F3O4S3. The topological polar surface area (TPSA) is 74.3 Å². The second kappa shape index (κ2) is 12.1. The lowest BCUT2D eigenvalue weighted by Crippen LogP contribution is -2.21. The lowest BCUT2D eigenvalue weighted by atomic mass is 10.0. The van der Waals surface area contributed by atoms with E-state index in [4.69, 9.17) is 13.0 Å². The van der Waals surface area contributed by atoms with E-state index < -0.39 is 15.6 Å². The molecule has 4 aromatic carbocycles. The molecule has 208 valence electrons. The zero-order valence-corrected chi connectivity index (χ0v) is 24.0. The summed E-state index contributed by atoms with van der Waals surface area (Å²) in [6, 6.07) is 32.1. The minimum absolute atomic E-state index is 0.158. The Morgan fingerprint density at radius 1 is 0.775 bits per heavy atom. The maximum absolute atomic E-state index is 13.7. The van der Waals surface area contributed by atoms with Crippen LogP contribution in [-0.2, 0) is 33.9 Å². The van der Waals surface area contributed by atoms with E-state index in [9.17, 15) is 18.0 Å². The molecule has 0 N–H and O–H groups in total. The largest absolute Gasteiger partial charge is 0.741 e. The van der Waals surface area contributed by atoms with Crippen molar-refractivity contribution in [1.29, 1.82) is 0 Å². The molecule has 0 radical (unpaired) electrons. The molecule has 5 aromatic rings. The summed E-state index contributed by atoms with van der Waals surface area (Å²) in [4.78, 5) is 17.4. The minimum Gasteiger partial charge on any atom is -0.741 e. The monoisotopic (exact) mass is 602 g/mol. The van der Waals surface area contributed by atoms with Crippen LogP contribution >= 0.6 is 11.3 Å². The van der Waals surface area contributed by atoms with Crippen molar-refractivity contribution in [2.24, 2.45) is 0 Å². The number of benzene rings is 4. The van der Waals surface area contributed by atoms with Gasteiger partial charge in [-0.1, -0.05) is 56.3 Å². The van der Waals surface area contributed by atoms with Gasteiger partial charge in [0.15, 0.2) is 30.2 Å². The van der Waals surface area contributed by atoms with Gasteiger partial charge in [-0.05, 0) is 66.4 Å². The first kappa shape index (κ1) is 29.8. The van der Waals surface area contributed by atoms with E-state index >= 15 is 0 Å². The normalized spacial score (nSPS) is 12.0. The Balaban J connectivity index is 0.000000406. The van der Waals surface area contributed by atoms with Crippen LogP contribution in [-0.4, -0.2) is 18.5 Å². The molecule has 0 bridgehead atoms. The quantitative estimate of drug-likeness (QED) is 0.0895. The van der Waals surface area contributed by atoms with Crippen molar-refractivity contribution < 1.29 is 26.1 Å². The van der Waals surface area contributed by atoms with Crippen LogP contribution < -0.4 is 5.43 Å². The Kier molecular flexibility index (Phi) is 9.04. The zero-order valence-electron chi connectivity index (χ0n) is 21.6. The van der Waals surface area contributed by atoms with Crippen molar-refractivity contribution in [1.82, 2.24) is 0 Å². The molecule has 0 aliphatic heterocycles. The van der Waals surface area contributed by atoms with Crippen LogP contribution in [0.2, 0.25) is 0 Å². The average molecular weight is 603 g/mol. The Morgan fingerprint density at radius 3 is 1.80 bits per heavy atom. The molecule has 0 aliphatic rings. The van der Waals surface area contributed by atoms with Crippen molar-refractivity contribution in [3.63, 3.8) is 0 Å². The summed E-state index contributed by atoms with van der Waals surface area (Å²) in [7, 11) is -6.35. The highest BCUT2D eigenvalue weighted by molar-refractivity contribution is 7.97. The first-order valence-electron chi connectivity index (χ1n) is 12.3. The molecule has 0 saturated heterocycles. The van der Waals surface area contributed by atoms with Crippen LogP contribution in [0.5, 0.6) is 0 Å². The Hall–Kier alpha value is -3.18. The maximum atomic E-state index is 13.7. The summed E-state index contributed by atoms with van der Waals surface area (Å²) in [6.07, 6.45) is 1.88. The molecule has 0 amide bonds. The third kappa shape index (κ3) is 6.41. The van der Waals surface area contributed by atoms with Crippen LogP contribution in [0.4, 0.5) is 13.2 Å². The van der Waals surface area contributed by atoms with Gasteiger partial charge < -0.3 is 4.55 Å². The van der Waals surface area contributed by atoms with Gasteiger partial charge in [-0.3, -0.25) is 4.79 Å². The molecule has 0 unspecified atom stereocenters. The number of hydrogen-bond acceptors (Lipinski definition) is 5. The number of halogens is 3. The summed E-state index contributed by atoms with van der Waals surface area (Å²) in [6.45, 7) is 4.32. The molecule has 0 atom stereocenters. The van der Waals surface area contributed by atoms with E-state index in [1.807, 2.05) is 0 Å². The third-order valence-corrected chi connectivity index (χ3v) is 10.2. The molecule has 0 aliphatic carbocycles. The molecule has 4 nitrogen and oxygen atoms in total. The first-order chi connectivity index (χ1) is 18.9. The van der Waals surface area contributed by atoms with E-state index in [0.29, 0.717) is 0 Å². The van der Waals surface area contributed by atoms with E-state index in [1.165, 1.54) is 25.8 Å². The predicted octanol–water partition coefficient (Wildman–Crippen LogP) is 7.69.